The van der Waals surface area contributed by atoms with Crippen molar-refractivity contribution in [1.82, 2.24) is 9.80 Å². The predicted octanol–water partition coefficient (Wildman–Crippen LogP) is 1.61. The number of aliphatic hydroxyl groups is 1. The quantitative estimate of drug-likeness (QED) is 0.783. The maximum absolute atomic E-state index is 12.3. The van der Waals surface area contributed by atoms with Gasteiger partial charge in [-0.3, -0.25) is 9.69 Å². The highest BCUT2D eigenvalue weighted by atomic mass is 16.3. The first-order valence-electron chi connectivity index (χ1n) is 6.74. The summed E-state index contributed by atoms with van der Waals surface area (Å²) in [4.78, 5) is 16.1. The van der Waals surface area contributed by atoms with Crippen molar-refractivity contribution in [3.8, 4) is 0 Å². The number of hydrogen-bond acceptors (Lipinski definition) is 3. The molecule has 18 heavy (non-hydrogen) atoms. The zero-order valence-corrected chi connectivity index (χ0v) is 12.1. The minimum Gasteiger partial charge on any atom is -0.394 e. The van der Waals surface area contributed by atoms with Crippen molar-refractivity contribution in [3.63, 3.8) is 0 Å². The lowest BCUT2D eigenvalue weighted by Gasteiger charge is -2.35. The molecule has 1 amide bonds. The van der Waals surface area contributed by atoms with E-state index in [2.05, 4.69) is 6.08 Å². The first-order valence-corrected chi connectivity index (χ1v) is 6.74. The van der Waals surface area contributed by atoms with Gasteiger partial charge in [0, 0.05) is 17.8 Å². The maximum atomic E-state index is 12.3. The van der Waals surface area contributed by atoms with Gasteiger partial charge in [0.25, 0.3) is 0 Å². The number of allylic oxidation sites excluding steroid dienone is 2. The third-order valence-electron chi connectivity index (χ3n) is 3.77. The van der Waals surface area contributed by atoms with Crippen LogP contribution in [-0.2, 0) is 4.79 Å². The largest absolute Gasteiger partial charge is 0.394 e. The van der Waals surface area contributed by atoms with Crippen LogP contribution in [0.1, 0.15) is 40.0 Å². The first kappa shape index (κ1) is 15.2. The minimum atomic E-state index is -0.362. The van der Waals surface area contributed by atoms with Crippen LogP contribution in [0, 0.1) is 0 Å². The molecule has 0 fully saturated rings. The highest BCUT2D eigenvalue weighted by Gasteiger charge is 2.27. The zero-order valence-electron chi connectivity index (χ0n) is 12.1. The molecular weight excluding hydrogens is 228 g/mol. The average molecular weight is 254 g/mol. The molecule has 0 unspecified atom stereocenters. The van der Waals surface area contributed by atoms with Crippen molar-refractivity contribution >= 4 is 5.91 Å². The van der Waals surface area contributed by atoms with Gasteiger partial charge >= 0.3 is 0 Å². The monoisotopic (exact) mass is 254 g/mol. The van der Waals surface area contributed by atoms with Gasteiger partial charge in [-0.1, -0.05) is 6.08 Å². The van der Waals surface area contributed by atoms with Gasteiger partial charge in [-0.15, -0.1) is 0 Å². The molecule has 0 radical (unpaired) electrons. The molecule has 1 aliphatic rings. The van der Waals surface area contributed by atoms with E-state index in [-0.39, 0.29) is 18.1 Å². The van der Waals surface area contributed by atoms with E-state index in [4.69, 9.17) is 0 Å². The number of amides is 1. The van der Waals surface area contributed by atoms with E-state index in [0.29, 0.717) is 6.54 Å². The average Bonchev–Trinajstić information content (AvgIpc) is 2.83. The molecule has 0 saturated carbocycles. The molecule has 0 bridgehead atoms. The van der Waals surface area contributed by atoms with Crippen molar-refractivity contribution < 1.29 is 9.90 Å². The van der Waals surface area contributed by atoms with Crippen molar-refractivity contribution in [3.05, 3.63) is 11.8 Å². The summed E-state index contributed by atoms with van der Waals surface area (Å²) in [5, 5.41) is 9.31. The highest BCUT2D eigenvalue weighted by Crippen LogP contribution is 2.22. The lowest BCUT2D eigenvalue weighted by atomic mass is 10.1. The van der Waals surface area contributed by atoms with Gasteiger partial charge in [-0.25, -0.2) is 0 Å². The fourth-order valence-corrected chi connectivity index (χ4v) is 2.06. The standard InChI is InChI=1S/C14H26N2O2/c1-5-16(12-8-6-7-9-12)13(18)10-15(4)14(2,3)11-17/h8,17H,5-7,9-11H2,1-4H3. The molecule has 4 heteroatoms. The van der Waals surface area contributed by atoms with Crippen LogP contribution in [0.5, 0.6) is 0 Å². The second-order valence-corrected chi connectivity index (χ2v) is 5.55. The molecule has 1 N–H and O–H groups in total. The fraction of sp³-hybridized carbons (Fsp3) is 0.786. The number of hydrogen-bond donors (Lipinski definition) is 1. The summed E-state index contributed by atoms with van der Waals surface area (Å²) in [5.41, 5.74) is 0.803. The van der Waals surface area contributed by atoms with Crippen LogP contribution >= 0.6 is 0 Å². The molecule has 4 nitrogen and oxygen atoms in total. The molecular formula is C14H26N2O2. The number of aliphatic hydroxyl groups excluding tert-OH is 1. The second-order valence-electron chi connectivity index (χ2n) is 5.55. The number of carbonyl (C=O) groups excluding carboxylic acids is 1. The van der Waals surface area contributed by atoms with E-state index in [1.54, 1.807) is 0 Å². The number of carbonyl (C=O) groups is 1. The molecule has 0 aromatic heterocycles. The topological polar surface area (TPSA) is 43.8 Å². The summed E-state index contributed by atoms with van der Waals surface area (Å²) in [6.45, 7) is 6.99. The highest BCUT2D eigenvalue weighted by molar-refractivity contribution is 5.80. The lowest BCUT2D eigenvalue weighted by molar-refractivity contribution is -0.131. The smallest absolute Gasteiger partial charge is 0.240 e. The molecule has 0 atom stereocenters. The van der Waals surface area contributed by atoms with Gasteiger partial charge < -0.3 is 10.0 Å². The summed E-state index contributed by atoms with van der Waals surface area (Å²) in [5.74, 6) is 0.120. The summed E-state index contributed by atoms with van der Waals surface area (Å²) >= 11 is 0. The van der Waals surface area contributed by atoms with Gasteiger partial charge in [-0.05, 0) is 47.1 Å². The van der Waals surface area contributed by atoms with E-state index < -0.39 is 0 Å². The molecule has 0 aromatic carbocycles. The molecule has 0 saturated heterocycles. The predicted molar refractivity (Wildman–Crippen MR) is 73.1 cm³/mol. The molecule has 0 aromatic rings. The van der Waals surface area contributed by atoms with Crippen molar-refractivity contribution in [2.24, 2.45) is 0 Å². The van der Waals surface area contributed by atoms with E-state index in [1.807, 2.05) is 37.6 Å². The molecule has 1 rings (SSSR count). The van der Waals surface area contributed by atoms with Crippen LogP contribution in [-0.4, -0.2) is 53.1 Å². The summed E-state index contributed by atoms with van der Waals surface area (Å²) in [7, 11) is 1.88. The van der Waals surface area contributed by atoms with Gasteiger partial charge in [0.2, 0.25) is 5.91 Å². The van der Waals surface area contributed by atoms with Crippen LogP contribution in [0.25, 0.3) is 0 Å². The van der Waals surface area contributed by atoms with E-state index in [1.165, 1.54) is 0 Å². The Hall–Kier alpha value is -0.870. The molecule has 1 aliphatic carbocycles. The van der Waals surface area contributed by atoms with Crippen LogP contribution in [0.4, 0.5) is 0 Å². The molecule has 104 valence electrons. The normalized spacial score (nSPS) is 16.0. The Morgan fingerprint density at radius 1 is 1.50 bits per heavy atom. The first-order chi connectivity index (χ1) is 8.42. The van der Waals surface area contributed by atoms with Gasteiger partial charge in [-0.2, -0.15) is 0 Å². The van der Waals surface area contributed by atoms with Gasteiger partial charge in [0.05, 0.1) is 13.2 Å². The Labute approximate surface area is 110 Å². The van der Waals surface area contributed by atoms with Crippen LogP contribution < -0.4 is 0 Å². The van der Waals surface area contributed by atoms with Crippen LogP contribution in [0.3, 0.4) is 0 Å². The summed E-state index contributed by atoms with van der Waals surface area (Å²) in [6.07, 6.45) is 5.40. The Morgan fingerprint density at radius 2 is 2.17 bits per heavy atom. The SMILES string of the molecule is CCN(C(=O)CN(C)C(C)(C)CO)C1=CCCC1. The lowest BCUT2D eigenvalue weighted by Crippen LogP contribution is -2.49. The Bertz CT molecular complexity index is 324. The van der Waals surface area contributed by atoms with Gasteiger partial charge in [0.15, 0.2) is 0 Å². The zero-order chi connectivity index (χ0) is 13.8. The number of nitrogens with zero attached hydrogens (tertiary/aromatic N) is 2. The maximum Gasteiger partial charge on any atom is 0.240 e. The number of rotatable bonds is 6. The fourth-order valence-electron chi connectivity index (χ4n) is 2.06. The summed E-state index contributed by atoms with van der Waals surface area (Å²) < 4.78 is 0. The minimum absolute atomic E-state index is 0.0472. The van der Waals surface area contributed by atoms with E-state index in [0.717, 1.165) is 31.5 Å². The molecule has 0 heterocycles. The van der Waals surface area contributed by atoms with Crippen LogP contribution in [0.2, 0.25) is 0 Å². The van der Waals surface area contributed by atoms with E-state index >= 15 is 0 Å². The Balaban J connectivity index is 2.63. The number of likely N-dealkylation sites (N-methyl/N-ethyl adjacent to an activating group) is 2. The molecule has 0 aliphatic heterocycles. The Morgan fingerprint density at radius 3 is 2.61 bits per heavy atom. The Kier molecular flexibility index (Phi) is 5.35. The van der Waals surface area contributed by atoms with Crippen LogP contribution in [0.15, 0.2) is 11.8 Å². The molecule has 0 spiro atoms. The summed E-state index contributed by atoms with van der Waals surface area (Å²) in [6, 6.07) is 0. The van der Waals surface area contributed by atoms with E-state index in [9.17, 15) is 9.90 Å². The second kappa shape index (κ2) is 6.34. The van der Waals surface area contributed by atoms with Gasteiger partial charge in [0.1, 0.15) is 0 Å². The van der Waals surface area contributed by atoms with Crippen molar-refractivity contribution in [1.29, 1.82) is 0 Å². The third-order valence-corrected chi connectivity index (χ3v) is 3.77. The van der Waals surface area contributed by atoms with Crippen molar-refractivity contribution in [2.45, 2.75) is 45.6 Å². The third kappa shape index (κ3) is 3.56. The van der Waals surface area contributed by atoms with Crippen molar-refractivity contribution in [2.75, 3.05) is 26.7 Å².